The van der Waals surface area contributed by atoms with Gasteiger partial charge < -0.3 is 9.16 Å². The second kappa shape index (κ2) is 9.60. The van der Waals surface area contributed by atoms with Gasteiger partial charge in [-0.25, -0.2) is 9.31 Å². The zero-order valence-electron chi connectivity index (χ0n) is 20.7. The molecule has 0 aliphatic heterocycles. The lowest BCUT2D eigenvalue weighted by molar-refractivity contribution is -0.135. The molecule has 0 amide bonds. The number of esters is 1. The van der Waals surface area contributed by atoms with Gasteiger partial charge in [0, 0.05) is 6.20 Å². The summed E-state index contributed by atoms with van der Waals surface area (Å²) in [6, 6.07) is 24.7. The number of carbonyl (C=O) groups excluding carboxylic acids is 2. The fourth-order valence-corrected chi connectivity index (χ4v) is 9.26. The first-order valence-electron chi connectivity index (χ1n) is 11.5. The number of benzene rings is 2. The number of rotatable bonds is 7. The van der Waals surface area contributed by atoms with Crippen LogP contribution in [0, 0.1) is 6.92 Å². The average molecular weight is 487 g/mol. The van der Waals surface area contributed by atoms with Gasteiger partial charge in [-0.2, -0.15) is 5.10 Å². The van der Waals surface area contributed by atoms with Crippen LogP contribution < -0.4 is 10.4 Å². The summed E-state index contributed by atoms with van der Waals surface area (Å²) in [4.78, 5) is 24.6. The Labute approximate surface area is 206 Å². The van der Waals surface area contributed by atoms with Crippen LogP contribution in [-0.4, -0.2) is 36.8 Å². The fraction of sp³-hybridized carbons (Fsp3) is 0.250. The number of fused-ring (bicyclic) bond motifs is 1. The maximum absolute atomic E-state index is 12.6. The van der Waals surface area contributed by atoms with Gasteiger partial charge in [-0.15, -0.1) is 0 Å². The fourth-order valence-electron chi connectivity index (χ4n) is 4.73. The highest BCUT2D eigenvalue weighted by Crippen LogP contribution is 2.37. The van der Waals surface area contributed by atoms with Crippen molar-refractivity contribution >= 4 is 36.0 Å². The van der Waals surface area contributed by atoms with E-state index in [0.717, 1.165) is 5.56 Å². The Morgan fingerprint density at radius 1 is 0.943 bits per heavy atom. The van der Waals surface area contributed by atoms with E-state index in [-0.39, 0.29) is 10.6 Å². The average Bonchev–Trinajstić information content (AvgIpc) is 3.18. The van der Waals surface area contributed by atoms with Crippen molar-refractivity contribution < 1.29 is 18.8 Å². The number of pyridine rings is 1. The van der Waals surface area contributed by atoms with Gasteiger partial charge in [0.2, 0.25) is 0 Å². The molecule has 0 saturated heterocycles. The Morgan fingerprint density at radius 3 is 2.03 bits per heavy atom. The Kier molecular flexibility index (Phi) is 6.74. The monoisotopic (exact) mass is 486 g/mol. The van der Waals surface area contributed by atoms with Gasteiger partial charge >= 0.3 is 5.97 Å². The minimum Gasteiger partial charge on any atom is -0.463 e. The first-order valence-corrected chi connectivity index (χ1v) is 13.5. The van der Waals surface area contributed by atoms with Crippen LogP contribution in [0.15, 0.2) is 79.0 Å². The van der Waals surface area contributed by atoms with Crippen molar-refractivity contribution in [1.82, 2.24) is 9.61 Å². The van der Waals surface area contributed by atoms with Crippen LogP contribution in [-0.2, 0) is 20.6 Å². The van der Waals surface area contributed by atoms with Gasteiger partial charge in [0.05, 0.1) is 30.5 Å². The Hall–Kier alpha value is -3.55. The molecule has 180 valence electrons. The summed E-state index contributed by atoms with van der Waals surface area (Å²) in [6.07, 6.45) is 1.79. The number of ketones is 1. The highest BCUT2D eigenvalue weighted by molar-refractivity contribution is 6.99. The van der Waals surface area contributed by atoms with Crippen molar-refractivity contribution in [2.75, 3.05) is 7.11 Å². The van der Waals surface area contributed by atoms with Crippen LogP contribution in [0.2, 0.25) is 5.04 Å². The quantitative estimate of drug-likeness (QED) is 0.170. The maximum atomic E-state index is 12.6. The number of ether oxygens (including phenoxy) is 1. The van der Waals surface area contributed by atoms with E-state index in [1.165, 1.54) is 17.5 Å². The van der Waals surface area contributed by atoms with Crippen LogP contribution in [0.3, 0.4) is 0 Å². The van der Waals surface area contributed by atoms with E-state index in [1.54, 1.807) is 17.6 Å². The molecule has 0 bridgehead atoms. The topological polar surface area (TPSA) is 69.9 Å². The van der Waals surface area contributed by atoms with E-state index in [9.17, 15) is 9.59 Å². The molecule has 0 unspecified atom stereocenters. The number of nitrogens with zero attached hydrogens (tertiary/aromatic N) is 2. The van der Waals surface area contributed by atoms with Gasteiger partial charge in [0.1, 0.15) is 0 Å². The normalized spacial score (nSPS) is 12.0. The molecule has 0 saturated carbocycles. The maximum Gasteiger partial charge on any atom is 0.379 e. The third-order valence-corrected chi connectivity index (χ3v) is 11.3. The number of carbonyl (C=O) groups is 2. The standard InChI is InChI=1S/C28H30N2O4Si/c1-20-25(26(31)27(32)33-5)24-18-21(16-17-30(24)29-20)19-34-35(28(2,3)4,22-12-8-6-9-13-22)23-14-10-7-11-15-23/h6-18H,19H2,1-5H3. The predicted molar refractivity (Wildman–Crippen MR) is 139 cm³/mol. The number of hydrogen-bond acceptors (Lipinski definition) is 5. The largest absolute Gasteiger partial charge is 0.463 e. The summed E-state index contributed by atoms with van der Waals surface area (Å²) in [5.41, 5.74) is 2.18. The number of hydrogen-bond donors (Lipinski definition) is 0. The summed E-state index contributed by atoms with van der Waals surface area (Å²) in [6.45, 7) is 8.75. The lowest BCUT2D eigenvalue weighted by atomic mass is 10.1. The van der Waals surface area contributed by atoms with Crippen molar-refractivity contribution in [3.05, 3.63) is 95.8 Å². The summed E-state index contributed by atoms with van der Waals surface area (Å²) in [5, 5.41) is 6.63. The first-order chi connectivity index (χ1) is 16.7. The molecular formula is C28H30N2O4Si. The molecule has 35 heavy (non-hydrogen) atoms. The van der Waals surface area contributed by atoms with E-state index in [0.29, 0.717) is 17.8 Å². The molecule has 0 fully saturated rings. The molecule has 0 radical (unpaired) electrons. The van der Waals surface area contributed by atoms with Crippen molar-refractivity contribution in [1.29, 1.82) is 0 Å². The SMILES string of the molecule is COC(=O)C(=O)c1c(C)nn2ccc(CO[Si](c3ccccc3)(c3ccccc3)C(C)(C)C)cc12. The van der Waals surface area contributed by atoms with Crippen LogP contribution in [0.1, 0.15) is 42.4 Å². The molecule has 2 aromatic carbocycles. The highest BCUT2D eigenvalue weighted by Gasteiger charge is 2.50. The first kappa shape index (κ1) is 24.6. The molecule has 0 spiro atoms. The van der Waals surface area contributed by atoms with Crippen LogP contribution >= 0.6 is 0 Å². The highest BCUT2D eigenvalue weighted by atomic mass is 28.4. The second-order valence-electron chi connectivity index (χ2n) is 9.60. The van der Waals surface area contributed by atoms with E-state index in [4.69, 9.17) is 4.43 Å². The van der Waals surface area contributed by atoms with Crippen LogP contribution in [0.4, 0.5) is 0 Å². The smallest absolute Gasteiger partial charge is 0.379 e. The van der Waals surface area contributed by atoms with Crippen LogP contribution in [0.5, 0.6) is 0 Å². The molecule has 7 heteroatoms. The van der Waals surface area contributed by atoms with Gasteiger partial charge in [-0.05, 0) is 40.0 Å². The second-order valence-corrected chi connectivity index (χ2v) is 13.9. The van der Waals surface area contributed by atoms with Crippen molar-refractivity contribution in [3.63, 3.8) is 0 Å². The van der Waals surface area contributed by atoms with E-state index in [2.05, 4.69) is 79.1 Å². The zero-order chi connectivity index (χ0) is 25.2. The summed E-state index contributed by atoms with van der Waals surface area (Å²) in [5.74, 6) is -1.61. The number of aryl methyl sites for hydroxylation is 1. The molecule has 0 aliphatic rings. The molecule has 0 N–H and O–H groups in total. The van der Waals surface area contributed by atoms with Crippen molar-refractivity contribution in [3.8, 4) is 0 Å². The van der Waals surface area contributed by atoms with Crippen molar-refractivity contribution in [2.24, 2.45) is 0 Å². The molecule has 2 heterocycles. The molecule has 2 aromatic heterocycles. The minimum absolute atomic E-state index is 0.154. The summed E-state index contributed by atoms with van der Waals surface area (Å²) >= 11 is 0. The predicted octanol–water partition coefficient (Wildman–Crippen LogP) is 4.08. The van der Waals surface area contributed by atoms with Gasteiger partial charge in [0.15, 0.2) is 0 Å². The van der Waals surface area contributed by atoms with Gasteiger partial charge in [-0.1, -0.05) is 81.4 Å². The molecule has 0 atom stereocenters. The zero-order valence-corrected chi connectivity index (χ0v) is 21.7. The molecule has 0 aliphatic carbocycles. The summed E-state index contributed by atoms with van der Waals surface area (Å²) < 4.78 is 13.3. The Morgan fingerprint density at radius 2 is 1.51 bits per heavy atom. The number of aromatic nitrogens is 2. The van der Waals surface area contributed by atoms with Crippen molar-refractivity contribution in [2.45, 2.75) is 39.3 Å². The van der Waals surface area contributed by atoms with E-state index in [1.807, 2.05) is 24.3 Å². The van der Waals surface area contributed by atoms with E-state index < -0.39 is 20.1 Å². The molecule has 6 nitrogen and oxygen atoms in total. The number of Topliss-reactive ketones (excluding diaryl/α,β-unsaturated/α-hetero) is 1. The van der Waals surface area contributed by atoms with Crippen LogP contribution in [0.25, 0.3) is 5.52 Å². The van der Waals surface area contributed by atoms with E-state index >= 15 is 0 Å². The lowest BCUT2D eigenvalue weighted by Gasteiger charge is -2.43. The van der Waals surface area contributed by atoms with Gasteiger partial charge in [-0.3, -0.25) is 4.79 Å². The number of methoxy groups -OCH3 is 1. The minimum atomic E-state index is -2.72. The third kappa shape index (κ3) is 4.45. The van der Waals surface area contributed by atoms with Gasteiger partial charge in [0.25, 0.3) is 14.1 Å². The lowest BCUT2D eigenvalue weighted by Crippen LogP contribution is -2.66. The Balaban J connectivity index is 1.79. The third-order valence-electron chi connectivity index (χ3n) is 6.34. The molecule has 4 rings (SSSR count). The molecular weight excluding hydrogens is 456 g/mol. The Bertz CT molecular complexity index is 1320. The molecule has 4 aromatic rings. The summed E-state index contributed by atoms with van der Waals surface area (Å²) in [7, 11) is -1.52.